The summed E-state index contributed by atoms with van der Waals surface area (Å²) in [5.74, 6) is -1.53. The van der Waals surface area contributed by atoms with Crippen molar-refractivity contribution in [3.8, 4) is 5.75 Å². The number of carbonyl (C=O) groups is 1. The highest BCUT2D eigenvalue weighted by Crippen LogP contribution is 2.38. The molecule has 0 heterocycles. The van der Waals surface area contributed by atoms with E-state index in [1.807, 2.05) is 0 Å². The van der Waals surface area contributed by atoms with Crippen molar-refractivity contribution >= 4 is 44.8 Å². The van der Waals surface area contributed by atoms with Crippen LogP contribution in [0.15, 0.2) is 95.9 Å². The minimum Gasteiger partial charge on any atom is -0.493 e. The highest BCUT2D eigenvalue weighted by Gasteiger charge is 2.34. The Morgan fingerprint density at radius 3 is 2.33 bits per heavy atom. The van der Waals surface area contributed by atoms with Crippen molar-refractivity contribution < 1.29 is 26.7 Å². The minimum atomic E-state index is -4.39. The molecular weight excluding hydrogens is 605 g/mol. The van der Waals surface area contributed by atoms with Gasteiger partial charge in [0.15, 0.2) is 0 Å². The number of anilines is 1. The molecule has 0 spiro atoms. The first-order valence-electron chi connectivity index (χ1n) is 13.0. The Morgan fingerprint density at radius 1 is 0.905 bits per heavy atom. The smallest absolute Gasteiger partial charge is 0.264 e. The Labute approximate surface area is 254 Å². The van der Waals surface area contributed by atoms with E-state index in [4.69, 9.17) is 27.9 Å². The summed E-state index contributed by atoms with van der Waals surface area (Å²) < 4.78 is 64.0. The second-order valence-corrected chi connectivity index (χ2v) is 12.2. The Hall–Kier alpha value is -3.66. The third kappa shape index (κ3) is 7.21. The molecule has 0 radical (unpaired) electrons. The molecule has 1 atom stereocenters. The lowest BCUT2D eigenvalue weighted by molar-refractivity contribution is 0.0787. The van der Waals surface area contributed by atoms with E-state index < -0.39 is 33.4 Å². The molecule has 0 aliphatic rings. The maximum absolute atomic E-state index is 15.1. The van der Waals surface area contributed by atoms with Gasteiger partial charge in [0.1, 0.15) is 17.4 Å². The van der Waals surface area contributed by atoms with Gasteiger partial charge in [0.05, 0.1) is 23.2 Å². The number of rotatable bonds is 11. The average Bonchev–Trinajstić information content (AvgIpc) is 2.97. The predicted molar refractivity (Wildman–Crippen MR) is 161 cm³/mol. The van der Waals surface area contributed by atoms with E-state index in [0.717, 1.165) is 22.5 Å². The summed E-state index contributed by atoms with van der Waals surface area (Å²) in [6, 6.07) is 20.5. The molecule has 1 unspecified atom stereocenters. The van der Waals surface area contributed by atoms with Crippen LogP contribution >= 0.6 is 23.2 Å². The van der Waals surface area contributed by atoms with Crippen molar-refractivity contribution in [1.82, 2.24) is 4.90 Å². The highest BCUT2D eigenvalue weighted by molar-refractivity contribution is 7.92. The van der Waals surface area contributed by atoms with Crippen LogP contribution in [0.4, 0.5) is 14.5 Å². The first-order chi connectivity index (χ1) is 20.0. The number of ether oxygens (including phenoxy) is 1. The van der Waals surface area contributed by atoms with Gasteiger partial charge in [0.25, 0.3) is 15.9 Å². The number of benzene rings is 4. The van der Waals surface area contributed by atoms with E-state index >= 15 is 4.39 Å². The summed E-state index contributed by atoms with van der Waals surface area (Å²) in [5.41, 5.74) is 0.451. The SMILES string of the molecule is CC(c1ccccc1OCCCN(C)C(=O)c1cccc(Cl)c1)N(c1cc(F)ccc1F)S(=O)(=O)c1ccc(Cl)cc1. The van der Waals surface area contributed by atoms with E-state index in [0.29, 0.717) is 39.9 Å². The second-order valence-electron chi connectivity index (χ2n) is 9.50. The Kier molecular flexibility index (Phi) is 10.1. The monoisotopic (exact) mass is 632 g/mol. The summed E-state index contributed by atoms with van der Waals surface area (Å²) >= 11 is 12.0. The predicted octanol–water partition coefficient (Wildman–Crippen LogP) is 7.77. The fourth-order valence-electron chi connectivity index (χ4n) is 4.43. The Balaban J connectivity index is 1.57. The molecule has 0 aliphatic carbocycles. The third-order valence-electron chi connectivity index (χ3n) is 6.55. The van der Waals surface area contributed by atoms with Crippen LogP contribution in [-0.2, 0) is 10.0 Å². The Bertz CT molecular complexity index is 1670. The molecule has 11 heteroatoms. The molecule has 4 aromatic carbocycles. The molecule has 4 rings (SSSR count). The summed E-state index contributed by atoms with van der Waals surface area (Å²) in [6.07, 6.45) is 0.469. The van der Waals surface area contributed by atoms with Crippen LogP contribution in [0.1, 0.15) is 35.3 Å². The van der Waals surface area contributed by atoms with Crippen molar-refractivity contribution in [2.75, 3.05) is 24.5 Å². The fourth-order valence-corrected chi connectivity index (χ4v) is 6.38. The molecule has 0 bridgehead atoms. The van der Waals surface area contributed by atoms with E-state index in [2.05, 4.69) is 0 Å². The lowest BCUT2D eigenvalue weighted by Gasteiger charge is -2.32. The molecule has 220 valence electrons. The molecule has 0 aliphatic heterocycles. The normalized spacial score (nSPS) is 12.0. The molecule has 0 saturated heterocycles. The van der Waals surface area contributed by atoms with Crippen LogP contribution < -0.4 is 9.04 Å². The van der Waals surface area contributed by atoms with Crippen LogP contribution in [-0.4, -0.2) is 39.4 Å². The molecule has 42 heavy (non-hydrogen) atoms. The van der Waals surface area contributed by atoms with Gasteiger partial charge >= 0.3 is 0 Å². The van der Waals surface area contributed by atoms with E-state index in [1.165, 1.54) is 24.3 Å². The van der Waals surface area contributed by atoms with E-state index in [9.17, 15) is 17.6 Å². The van der Waals surface area contributed by atoms with Gasteiger partial charge in [-0.05, 0) is 74.0 Å². The van der Waals surface area contributed by atoms with E-state index in [1.54, 1.807) is 67.4 Å². The standard InChI is InChI=1S/C31H28Cl2F2N2O4S/c1-21(37(29-20-25(34)13-16-28(29)35)42(39,40)26-14-11-23(32)12-15-26)27-9-3-4-10-30(27)41-18-6-17-36(2)31(38)22-7-5-8-24(33)19-22/h3-5,7-16,19-21H,6,17-18H2,1-2H3. The maximum Gasteiger partial charge on any atom is 0.264 e. The van der Waals surface area contributed by atoms with Crippen molar-refractivity contribution in [2.45, 2.75) is 24.3 Å². The summed E-state index contributed by atoms with van der Waals surface area (Å²) in [6.45, 7) is 2.15. The van der Waals surface area contributed by atoms with E-state index in [-0.39, 0.29) is 17.4 Å². The minimum absolute atomic E-state index is 0.145. The number of carbonyl (C=O) groups excluding carboxylic acids is 1. The molecule has 1 amide bonds. The second kappa shape index (κ2) is 13.5. The summed E-state index contributed by atoms with van der Waals surface area (Å²) in [7, 11) is -2.72. The summed E-state index contributed by atoms with van der Waals surface area (Å²) in [5, 5.41) is 0.790. The van der Waals surface area contributed by atoms with Crippen LogP contribution in [0, 0.1) is 11.6 Å². The van der Waals surface area contributed by atoms with Gasteiger partial charge in [-0.15, -0.1) is 0 Å². The van der Waals surface area contributed by atoms with Crippen molar-refractivity contribution in [3.05, 3.63) is 124 Å². The number of hydrogen-bond acceptors (Lipinski definition) is 4. The third-order valence-corrected chi connectivity index (χ3v) is 8.94. The van der Waals surface area contributed by atoms with Crippen LogP contribution in [0.5, 0.6) is 5.75 Å². The number of hydrogen-bond donors (Lipinski definition) is 0. The average molecular weight is 634 g/mol. The molecule has 6 nitrogen and oxygen atoms in total. The molecule has 4 aromatic rings. The summed E-state index contributed by atoms with van der Waals surface area (Å²) in [4.78, 5) is 14.1. The number of amides is 1. The topological polar surface area (TPSA) is 66.9 Å². The van der Waals surface area contributed by atoms with Crippen LogP contribution in [0.3, 0.4) is 0 Å². The molecule has 0 saturated carbocycles. The maximum atomic E-state index is 15.1. The van der Waals surface area contributed by atoms with Gasteiger partial charge in [-0.1, -0.05) is 47.5 Å². The zero-order valence-electron chi connectivity index (χ0n) is 22.8. The van der Waals surface area contributed by atoms with Crippen molar-refractivity contribution in [3.63, 3.8) is 0 Å². The molecular formula is C31H28Cl2F2N2O4S. The molecule has 0 fully saturated rings. The van der Waals surface area contributed by atoms with Gasteiger partial charge in [-0.25, -0.2) is 17.2 Å². The van der Waals surface area contributed by atoms with Gasteiger partial charge in [-0.2, -0.15) is 0 Å². The zero-order chi connectivity index (χ0) is 30.4. The van der Waals surface area contributed by atoms with Gasteiger partial charge in [-0.3, -0.25) is 9.10 Å². The first-order valence-corrected chi connectivity index (χ1v) is 15.2. The number of sulfonamides is 1. The lowest BCUT2D eigenvalue weighted by Crippen LogP contribution is -2.34. The molecule has 0 N–H and O–H groups in total. The van der Waals surface area contributed by atoms with Gasteiger partial charge in [0, 0.05) is 40.8 Å². The zero-order valence-corrected chi connectivity index (χ0v) is 25.1. The molecule has 0 aromatic heterocycles. The number of para-hydroxylation sites is 1. The lowest BCUT2D eigenvalue weighted by atomic mass is 10.1. The number of halogens is 4. The van der Waals surface area contributed by atoms with Gasteiger partial charge < -0.3 is 9.64 Å². The first kappa shape index (κ1) is 31.3. The largest absolute Gasteiger partial charge is 0.493 e. The highest BCUT2D eigenvalue weighted by atomic mass is 35.5. The van der Waals surface area contributed by atoms with Gasteiger partial charge in [0.2, 0.25) is 0 Å². The van der Waals surface area contributed by atoms with Crippen molar-refractivity contribution in [1.29, 1.82) is 0 Å². The quantitative estimate of drug-likeness (QED) is 0.158. The van der Waals surface area contributed by atoms with Crippen molar-refractivity contribution in [2.24, 2.45) is 0 Å². The number of nitrogens with zero attached hydrogens (tertiary/aromatic N) is 2. The van der Waals surface area contributed by atoms with Crippen LogP contribution in [0.2, 0.25) is 10.0 Å². The Morgan fingerprint density at radius 2 is 1.62 bits per heavy atom. The van der Waals surface area contributed by atoms with Crippen LogP contribution in [0.25, 0.3) is 0 Å². The fraction of sp³-hybridized carbons (Fsp3) is 0.194.